The number of hydrogen-bond donors (Lipinski definition) is 3. The van der Waals surface area contributed by atoms with Crippen LogP contribution in [-0.2, 0) is 11.2 Å². The second-order valence-electron chi connectivity index (χ2n) is 5.92. The monoisotopic (exact) mass is 381 g/mol. The molecule has 0 amide bonds. The van der Waals surface area contributed by atoms with Gasteiger partial charge in [-0.05, 0) is 42.5 Å². The van der Waals surface area contributed by atoms with Gasteiger partial charge in [-0.3, -0.25) is 0 Å². The van der Waals surface area contributed by atoms with Crippen molar-refractivity contribution in [2.24, 2.45) is 0 Å². The van der Waals surface area contributed by atoms with Crippen molar-refractivity contribution in [3.05, 3.63) is 71.3 Å². The second kappa shape index (κ2) is 8.11. The number of rotatable bonds is 7. The number of aliphatic carboxylic acids is 1. The molecule has 3 aromatic rings. The van der Waals surface area contributed by atoms with Crippen molar-refractivity contribution < 1.29 is 15.0 Å². The molecule has 1 atom stereocenters. The minimum atomic E-state index is -1.54. The largest absolute Gasteiger partial charge is 0.479 e. The van der Waals surface area contributed by atoms with Crippen molar-refractivity contribution in [1.29, 1.82) is 0 Å². The van der Waals surface area contributed by atoms with Crippen molar-refractivity contribution in [2.75, 3.05) is 5.32 Å². The van der Waals surface area contributed by atoms with E-state index >= 15 is 0 Å². The number of hydrogen-bond acceptors (Lipinski definition) is 6. The minimum Gasteiger partial charge on any atom is -0.479 e. The molecule has 1 aromatic carbocycles. The Hall–Kier alpha value is -3.03. The van der Waals surface area contributed by atoms with E-state index in [0.29, 0.717) is 23.6 Å². The van der Waals surface area contributed by atoms with Gasteiger partial charge < -0.3 is 15.5 Å². The summed E-state index contributed by atoms with van der Waals surface area (Å²) in [6.45, 7) is 5.74. The molecule has 2 aromatic heterocycles. The van der Waals surface area contributed by atoms with Gasteiger partial charge in [0.2, 0.25) is 0 Å². The Morgan fingerprint density at radius 1 is 1.30 bits per heavy atom. The Kier molecular flexibility index (Phi) is 5.63. The van der Waals surface area contributed by atoms with Gasteiger partial charge in [-0.1, -0.05) is 24.3 Å². The normalized spacial score (nSPS) is 11.8. The number of anilines is 2. The summed E-state index contributed by atoms with van der Waals surface area (Å²) in [5.41, 5.74) is 2.86. The Labute approximate surface area is 160 Å². The molecule has 0 aliphatic carbocycles. The lowest BCUT2D eigenvalue weighted by molar-refractivity contribution is -0.146. The van der Waals surface area contributed by atoms with E-state index in [9.17, 15) is 9.90 Å². The summed E-state index contributed by atoms with van der Waals surface area (Å²) in [5, 5.41) is 23.8. The Morgan fingerprint density at radius 2 is 2.04 bits per heavy atom. The van der Waals surface area contributed by atoms with Crippen LogP contribution in [0.25, 0.3) is 10.7 Å². The molecule has 0 spiro atoms. The van der Waals surface area contributed by atoms with Crippen LogP contribution in [0.5, 0.6) is 0 Å². The molecule has 0 saturated carbocycles. The van der Waals surface area contributed by atoms with Crippen molar-refractivity contribution in [1.82, 2.24) is 9.97 Å². The van der Waals surface area contributed by atoms with Gasteiger partial charge in [0.1, 0.15) is 5.82 Å². The molecule has 0 radical (unpaired) electrons. The highest BCUT2D eigenvalue weighted by atomic mass is 32.1. The van der Waals surface area contributed by atoms with E-state index in [4.69, 9.17) is 5.11 Å². The zero-order valence-corrected chi connectivity index (χ0v) is 15.5. The number of nitrogens with zero attached hydrogens (tertiary/aromatic N) is 2. The molecule has 0 saturated heterocycles. The number of aliphatic hydroxyl groups excluding tert-OH is 1. The number of carboxylic acids is 1. The average molecular weight is 381 g/mol. The highest BCUT2D eigenvalue weighted by Crippen LogP contribution is 2.28. The maximum absolute atomic E-state index is 10.9. The summed E-state index contributed by atoms with van der Waals surface area (Å²) in [4.78, 5) is 21.1. The van der Waals surface area contributed by atoms with Crippen molar-refractivity contribution in [2.45, 2.75) is 19.4 Å². The van der Waals surface area contributed by atoms with Gasteiger partial charge in [-0.2, -0.15) is 0 Å². The van der Waals surface area contributed by atoms with Gasteiger partial charge in [0.15, 0.2) is 11.9 Å². The van der Waals surface area contributed by atoms with Crippen LogP contribution in [-0.4, -0.2) is 26.2 Å². The molecular formula is C20H19N3O3S. The zero-order valence-electron chi connectivity index (χ0n) is 14.7. The third-order valence-electron chi connectivity index (χ3n) is 4.03. The van der Waals surface area contributed by atoms with Gasteiger partial charge in [0, 0.05) is 16.9 Å². The lowest BCUT2D eigenvalue weighted by Gasteiger charge is -2.14. The van der Waals surface area contributed by atoms with E-state index in [-0.39, 0.29) is 0 Å². The third-order valence-corrected chi connectivity index (χ3v) is 4.89. The van der Waals surface area contributed by atoms with Crippen LogP contribution < -0.4 is 5.32 Å². The molecule has 0 aliphatic rings. The molecule has 0 fully saturated rings. The second-order valence-corrected chi connectivity index (χ2v) is 6.87. The van der Waals surface area contributed by atoms with E-state index in [0.717, 1.165) is 21.8 Å². The molecular weight excluding hydrogens is 362 g/mol. The molecule has 3 N–H and O–H groups in total. The highest BCUT2D eigenvalue weighted by molar-refractivity contribution is 7.13. The minimum absolute atomic E-state index is 0.317. The third kappa shape index (κ3) is 4.21. The SMILES string of the molecule is C=CCc1c(C)nc(-c2cccs2)nc1Nc1ccc(C(O)C(=O)O)cc1. The van der Waals surface area contributed by atoms with Crippen LogP contribution in [0, 0.1) is 6.92 Å². The number of aliphatic hydroxyl groups is 1. The lowest BCUT2D eigenvalue weighted by atomic mass is 10.1. The molecule has 138 valence electrons. The Morgan fingerprint density at radius 3 is 2.63 bits per heavy atom. The molecule has 3 rings (SSSR count). The number of aryl methyl sites for hydroxylation is 1. The van der Waals surface area contributed by atoms with Gasteiger partial charge in [-0.25, -0.2) is 14.8 Å². The number of thiophene rings is 1. The molecule has 7 heteroatoms. The first-order chi connectivity index (χ1) is 13.0. The highest BCUT2D eigenvalue weighted by Gasteiger charge is 2.16. The molecule has 27 heavy (non-hydrogen) atoms. The Bertz CT molecular complexity index is 953. The first kappa shape index (κ1) is 18.8. The standard InChI is InChI=1S/C20H19N3O3S/c1-3-5-15-12(2)21-19(16-6-4-11-27-16)23-18(15)22-14-9-7-13(8-10-14)17(24)20(25)26/h3-4,6-11,17,24H,1,5H2,2H3,(H,25,26)(H,21,22,23). The summed E-state index contributed by atoms with van der Waals surface area (Å²) >= 11 is 1.57. The zero-order chi connectivity index (χ0) is 19.4. The predicted octanol–water partition coefficient (Wildman–Crippen LogP) is 4.10. The number of benzene rings is 1. The van der Waals surface area contributed by atoms with Gasteiger partial charge in [0.05, 0.1) is 4.88 Å². The van der Waals surface area contributed by atoms with E-state index in [1.807, 2.05) is 24.4 Å². The fraction of sp³-hybridized carbons (Fsp3) is 0.150. The maximum atomic E-state index is 10.9. The topological polar surface area (TPSA) is 95.3 Å². The average Bonchev–Trinajstić information content (AvgIpc) is 3.19. The molecule has 0 aliphatic heterocycles. The van der Waals surface area contributed by atoms with Crippen LogP contribution in [0.1, 0.15) is 22.9 Å². The fourth-order valence-electron chi connectivity index (χ4n) is 2.63. The number of carboxylic acid groups (broad SMARTS) is 1. The van der Waals surface area contributed by atoms with Crippen molar-refractivity contribution in [3.8, 4) is 10.7 Å². The van der Waals surface area contributed by atoms with Crippen molar-refractivity contribution in [3.63, 3.8) is 0 Å². The summed E-state index contributed by atoms with van der Waals surface area (Å²) in [6, 6.07) is 10.5. The molecule has 2 heterocycles. The Balaban J connectivity index is 1.95. The van der Waals surface area contributed by atoms with Gasteiger partial charge in [-0.15, -0.1) is 17.9 Å². The first-order valence-corrected chi connectivity index (χ1v) is 9.17. The van der Waals surface area contributed by atoms with E-state index < -0.39 is 12.1 Å². The summed E-state index contributed by atoms with van der Waals surface area (Å²) in [5.74, 6) is 0.0454. The van der Waals surface area contributed by atoms with Crippen molar-refractivity contribution >= 4 is 28.8 Å². The van der Waals surface area contributed by atoms with Gasteiger partial charge in [0.25, 0.3) is 0 Å². The number of carbonyl (C=O) groups is 1. The smallest absolute Gasteiger partial charge is 0.337 e. The predicted molar refractivity (Wildman–Crippen MR) is 106 cm³/mol. The van der Waals surface area contributed by atoms with Crippen LogP contribution >= 0.6 is 11.3 Å². The summed E-state index contributed by atoms with van der Waals surface area (Å²) < 4.78 is 0. The van der Waals surface area contributed by atoms with Crippen LogP contribution in [0.15, 0.2) is 54.4 Å². The quantitative estimate of drug-likeness (QED) is 0.533. The molecule has 1 unspecified atom stereocenters. The van der Waals surface area contributed by atoms with Crippen LogP contribution in [0.2, 0.25) is 0 Å². The fourth-order valence-corrected chi connectivity index (χ4v) is 3.29. The summed E-state index contributed by atoms with van der Waals surface area (Å²) in [7, 11) is 0. The van der Waals surface area contributed by atoms with Gasteiger partial charge >= 0.3 is 5.97 Å². The number of nitrogens with one attached hydrogen (secondary N) is 1. The molecule has 0 bridgehead atoms. The van der Waals surface area contributed by atoms with Crippen LogP contribution in [0.4, 0.5) is 11.5 Å². The van der Waals surface area contributed by atoms with Crippen LogP contribution in [0.3, 0.4) is 0 Å². The van der Waals surface area contributed by atoms with E-state index in [2.05, 4.69) is 21.9 Å². The van der Waals surface area contributed by atoms with E-state index in [1.54, 1.807) is 41.7 Å². The molecule has 6 nitrogen and oxygen atoms in total. The number of allylic oxidation sites excluding steroid dienone is 1. The maximum Gasteiger partial charge on any atom is 0.337 e. The summed E-state index contributed by atoms with van der Waals surface area (Å²) in [6.07, 6.45) is 0.880. The first-order valence-electron chi connectivity index (χ1n) is 8.29. The van der Waals surface area contributed by atoms with E-state index in [1.165, 1.54) is 0 Å². The number of aromatic nitrogens is 2. The lowest BCUT2D eigenvalue weighted by Crippen LogP contribution is -2.10.